The fourth-order valence-corrected chi connectivity index (χ4v) is 5.44. The van der Waals surface area contributed by atoms with Gasteiger partial charge < -0.3 is 9.47 Å². The van der Waals surface area contributed by atoms with Gasteiger partial charge in [0.05, 0.1) is 23.8 Å². The zero-order chi connectivity index (χ0) is 26.3. The van der Waals surface area contributed by atoms with E-state index in [0.29, 0.717) is 17.9 Å². The van der Waals surface area contributed by atoms with Crippen molar-refractivity contribution in [3.8, 4) is 17.6 Å². The number of hydrogen-bond donors (Lipinski definition) is 0. The number of rotatable bonds is 15. The van der Waals surface area contributed by atoms with Gasteiger partial charge in [-0.3, -0.25) is 0 Å². The van der Waals surface area contributed by atoms with Gasteiger partial charge in [-0.15, -0.1) is 0 Å². The van der Waals surface area contributed by atoms with Gasteiger partial charge in [0.15, 0.2) is 11.6 Å². The zero-order valence-electron chi connectivity index (χ0n) is 22.4. The van der Waals surface area contributed by atoms with Gasteiger partial charge in [-0.05, 0) is 67.1 Å². The third-order valence-electron chi connectivity index (χ3n) is 7.59. The molecule has 2 aromatic rings. The Kier molecular flexibility index (Phi) is 12.5. The average molecular weight is 508 g/mol. The molecule has 0 spiro atoms. The summed E-state index contributed by atoms with van der Waals surface area (Å²) in [6, 6.07) is 12.3. The molecule has 0 bridgehead atoms. The van der Waals surface area contributed by atoms with Crippen molar-refractivity contribution in [3.05, 3.63) is 59.4 Å². The van der Waals surface area contributed by atoms with Crippen molar-refractivity contribution in [3.63, 3.8) is 0 Å². The number of carbonyl (C=O) groups excluding carboxylic acids is 1. The molecule has 200 valence electrons. The minimum absolute atomic E-state index is 0.172. The van der Waals surface area contributed by atoms with Crippen LogP contribution in [0, 0.1) is 29.0 Å². The lowest BCUT2D eigenvalue weighted by molar-refractivity contribution is 0.0728. The van der Waals surface area contributed by atoms with E-state index in [2.05, 4.69) is 6.92 Å². The average Bonchev–Trinajstić information content (AvgIpc) is 2.92. The molecule has 0 saturated heterocycles. The van der Waals surface area contributed by atoms with Crippen molar-refractivity contribution in [2.45, 2.75) is 96.8 Å². The summed E-state index contributed by atoms with van der Waals surface area (Å²) in [5, 5.41) is 8.83. The second kappa shape index (κ2) is 16.1. The Morgan fingerprint density at radius 1 is 0.919 bits per heavy atom. The number of unbranched alkanes of at least 4 members (excludes halogenated alkanes) is 6. The summed E-state index contributed by atoms with van der Waals surface area (Å²) in [7, 11) is 0. The largest absolute Gasteiger partial charge is 0.494 e. The Morgan fingerprint density at radius 2 is 1.57 bits per heavy atom. The van der Waals surface area contributed by atoms with Gasteiger partial charge in [0, 0.05) is 0 Å². The van der Waals surface area contributed by atoms with Crippen LogP contribution < -0.4 is 9.47 Å². The highest BCUT2D eigenvalue weighted by Crippen LogP contribution is 2.36. The van der Waals surface area contributed by atoms with Crippen LogP contribution in [0.5, 0.6) is 11.5 Å². The van der Waals surface area contributed by atoms with Crippen LogP contribution in [0.1, 0.15) is 113 Å². The molecule has 4 nitrogen and oxygen atoms in total. The van der Waals surface area contributed by atoms with Crippen molar-refractivity contribution in [2.75, 3.05) is 6.61 Å². The molecule has 37 heavy (non-hydrogen) atoms. The highest BCUT2D eigenvalue weighted by molar-refractivity contribution is 5.91. The second-order valence-corrected chi connectivity index (χ2v) is 10.4. The van der Waals surface area contributed by atoms with E-state index in [-0.39, 0.29) is 11.3 Å². The number of hydrogen-bond acceptors (Lipinski definition) is 4. The van der Waals surface area contributed by atoms with Crippen LogP contribution in [0.25, 0.3) is 0 Å². The summed E-state index contributed by atoms with van der Waals surface area (Å²) >= 11 is 0. The smallest absolute Gasteiger partial charge is 0.343 e. The van der Waals surface area contributed by atoms with Crippen molar-refractivity contribution in [2.24, 2.45) is 11.8 Å². The molecular formula is C32H42FNO3. The van der Waals surface area contributed by atoms with Crippen molar-refractivity contribution in [1.82, 2.24) is 0 Å². The molecule has 3 rings (SSSR count). The normalized spacial score (nSPS) is 17.2. The standard InChI is InChI=1S/C32H42FNO3/c1-2-3-4-5-6-7-8-12-26-13-9-10-14-27(26)15-11-22-36-29-19-17-28(18-20-29)32(35)37-31-21-16-25(24-34)23-30(31)33/h16-21,23,26-27H,2-15,22H2,1H3. The maximum atomic E-state index is 14.0. The Hall–Kier alpha value is -2.87. The topological polar surface area (TPSA) is 59.3 Å². The molecule has 1 fully saturated rings. The molecular weight excluding hydrogens is 465 g/mol. The Morgan fingerprint density at radius 3 is 2.22 bits per heavy atom. The highest BCUT2D eigenvalue weighted by Gasteiger charge is 2.24. The van der Waals surface area contributed by atoms with Crippen molar-refractivity contribution in [1.29, 1.82) is 5.26 Å². The fraction of sp³-hybridized carbons (Fsp3) is 0.562. The first-order chi connectivity index (χ1) is 18.1. The molecule has 0 radical (unpaired) electrons. The summed E-state index contributed by atoms with van der Waals surface area (Å²) in [5.41, 5.74) is 0.484. The van der Waals surface area contributed by atoms with E-state index in [0.717, 1.165) is 24.3 Å². The first kappa shape index (κ1) is 28.7. The van der Waals surface area contributed by atoms with Gasteiger partial charge in [-0.1, -0.05) is 84.0 Å². The number of benzene rings is 2. The molecule has 0 aliphatic heterocycles. The predicted octanol–water partition coefficient (Wildman–Crippen LogP) is 9.02. The second-order valence-electron chi connectivity index (χ2n) is 10.4. The number of ether oxygens (including phenoxy) is 2. The van der Waals surface area contributed by atoms with Gasteiger partial charge in [0.1, 0.15) is 5.75 Å². The van der Waals surface area contributed by atoms with Crippen LogP contribution >= 0.6 is 0 Å². The van der Waals surface area contributed by atoms with Crippen molar-refractivity contribution < 1.29 is 18.7 Å². The van der Waals surface area contributed by atoms with Gasteiger partial charge in [0.2, 0.25) is 0 Å². The van der Waals surface area contributed by atoms with Crippen LogP contribution in [0.15, 0.2) is 42.5 Å². The van der Waals surface area contributed by atoms with E-state index in [9.17, 15) is 9.18 Å². The first-order valence-electron chi connectivity index (χ1n) is 14.3. The lowest BCUT2D eigenvalue weighted by Gasteiger charge is -2.32. The molecule has 2 unspecified atom stereocenters. The summed E-state index contributed by atoms with van der Waals surface area (Å²) in [4.78, 5) is 12.4. The highest BCUT2D eigenvalue weighted by atomic mass is 19.1. The van der Waals surface area contributed by atoms with E-state index in [4.69, 9.17) is 14.7 Å². The molecule has 0 aromatic heterocycles. The molecule has 2 aromatic carbocycles. The molecule has 5 heteroatoms. The third-order valence-corrected chi connectivity index (χ3v) is 7.59. The number of carbonyl (C=O) groups is 1. The monoisotopic (exact) mass is 507 g/mol. The van der Waals surface area contributed by atoms with Gasteiger partial charge in [0.25, 0.3) is 0 Å². The van der Waals surface area contributed by atoms with Gasteiger partial charge in [-0.25, -0.2) is 9.18 Å². The Balaban J connectivity index is 1.36. The van der Waals surface area contributed by atoms with E-state index < -0.39 is 11.8 Å². The molecule has 1 saturated carbocycles. The number of nitrogens with zero attached hydrogens (tertiary/aromatic N) is 1. The molecule has 0 amide bonds. The van der Waals surface area contributed by atoms with Crippen molar-refractivity contribution >= 4 is 5.97 Å². The number of nitriles is 1. The first-order valence-corrected chi connectivity index (χ1v) is 14.3. The minimum Gasteiger partial charge on any atom is -0.494 e. The number of esters is 1. The van der Waals surface area contributed by atoms with Crippen LogP contribution in [0.2, 0.25) is 0 Å². The number of halogens is 1. The fourth-order valence-electron chi connectivity index (χ4n) is 5.44. The van der Waals surface area contributed by atoms with Crippen LogP contribution in [0.3, 0.4) is 0 Å². The molecule has 1 aliphatic carbocycles. The van der Waals surface area contributed by atoms with E-state index in [1.54, 1.807) is 24.3 Å². The summed E-state index contributed by atoms with van der Waals surface area (Å²) in [6.45, 7) is 2.94. The third kappa shape index (κ3) is 9.84. The predicted molar refractivity (Wildman–Crippen MR) is 145 cm³/mol. The molecule has 0 heterocycles. The molecule has 2 atom stereocenters. The minimum atomic E-state index is -0.741. The van der Waals surface area contributed by atoms with Crippen LogP contribution in [-0.2, 0) is 0 Å². The Bertz CT molecular complexity index is 998. The van der Waals surface area contributed by atoms with E-state index >= 15 is 0 Å². The SMILES string of the molecule is CCCCCCCCCC1CCCCC1CCCOc1ccc(C(=O)Oc2ccc(C#N)cc2F)cc1. The zero-order valence-corrected chi connectivity index (χ0v) is 22.4. The summed E-state index contributed by atoms with van der Waals surface area (Å²) in [6.07, 6.45) is 18.8. The maximum Gasteiger partial charge on any atom is 0.343 e. The lowest BCUT2D eigenvalue weighted by atomic mass is 9.74. The van der Waals surface area contributed by atoms with Crippen LogP contribution in [-0.4, -0.2) is 12.6 Å². The summed E-state index contributed by atoms with van der Waals surface area (Å²) < 4.78 is 25.1. The summed E-state index contributed by atoms with van der Waals surface area (Å²) in [5.74, 6) is 0.837. The molecule has 1 aliphatic rings. The molecule has 0 N–H and O–H groups in total. The van der Waals surface area contributed by atoms with E-state index in [1.165, 1.54) is 95.6 Å². The van der Waals surface area contributed by atoms with Gasteiger partial charge >= 0.3 is 5.97 Å². The van der Waals surface area contributed by atoms with E-state index in [1.807, 2.05) is 6.07 Å². The lowest BCUT2D eigenvalue weighted by Crippen LogP contribution is -2.20. The maximum absolute atomic E-state index is 14.0. The Labute approximate surface area is 222 Å². The quantitative estimate of drug-likeness (QED) is 0.137. The van der Waals surface area contributed by atoms with Crippen LogP contribution in [0.4, 0.5) is 4.39 Å². The van der Waals surface area contributed by atoms with Gasteiger partial charge in [-0.2, -0.15) is 5.26 Å².